The highest BCUT2D eigenvalue weighted by molar-refractivity contribution is 6.29. The summed E-state index contributed by atoms with van der Waals surface area (Å²) < 4.78 is 2.05. The molecule has 1 aromatic rings. The van der Waals surface area contributed by atoms with Crippen molar-refractivity contribution in [2.75, 3.05) is 0 Å². The van der Waals surface area contributed by atoms with E-state index >= 15 is 0 Å². The highest BCUT2D eigenvalue weighted by atomic mass is 35.5. The Bertz CT molecular complexity index is 268. The van der Waals surface area contributed by atoms with Crippen LogP contribution in [0.15, 0.2) is 36.0 Å². The first-order valence-corrected chi connectivity index (χ1v) is 3.86. The molecule has 0 unspecified atom stereocenters. The van der Waals surface area contributed by atoms with Crippen molar-refractivity contribution in [3.63, 3.8) is 0 Å². The van der Waals surface area contributed by atoms with E-state index in [0.29, 0.717) is 11.6 Å². The fourth-order valence-electron chi connectivity index (χ4n) is 0.924. The molecule has 0 amide bonds. The molecule has 0 saturated carbocycles. The van der Waals surface area contributed by atoms with Crippen molar-refractivity contribution >= 4 is 11.6 Å². The zero-order valence-electron chi connectivity index (χ0n) is 6.55. The minimum atomic E-state index is 0.657. The third kappa shape index (κ3) is 2.35. The SMILES string of the molecule is C=C(Cl)C[n+]1ccccc1C. The van der Waals surface area contributed by atoms with Crippen LogP contribution in [0.2, 0.25) is 0 Å². The lowest BCUT2D eigenvalue weighted by molar-refractivity contribution is -0.693. The van der Waals surface area contributed by atoms with E-state index < -0.39 is 0 Å². The topological polar surface area (TPSA) is 3.88 Å². The van der Waals surface area contributed by atoms with Gasteiger partial charge in [-0.1, -0.05) is 24.2 Å². The van der Waals surface area contributed by atoms with Crippen molar-refractivity contribution in [2.24, 2.45) is 0 Å². The summed E-state index contributed by atoms with van der Waals surface area (Å²) in [6, 6.07) is 6.02. The van der Waals surface area contributed by atoms with Crippen LogP contribution in [0.1, 0.15) is 5.69 Å². The summed E-state index contributed by atoms with van der Waals surface area (Å²) in [5, 5.41) is 0.657. The fraction of sp³-hybridized carbons (Fsp3) is 0.222. The largest absolute Gasteiger partial charge is 0.197 e. The van der Waals surface area contributed by atoms with Gasteiger partial charge in [0.2, 0.25) is 0 Å². The second-order valence-corrected chi connectivity index (χ2v) is 3.02. The lowest BCUT2D eigenvalue weighted by Gasteiger charge is -1.96. The average Bonchev–Trinajstić information content (AvgIpc) is 1.93. The molecular formula is C9H11ClN+. The van der Waals surface area contributed by atoms with Gasteiger partial charge in [0.15, 0.2) is 18.4 Å². The molecule has 0 aromatic carbocycles. The van der Waals surface area contributed by atoms with Crippen LogP contribution in [0, 0.1) is 6.92 Å². The Labute approximate surface area is 71.9 Å². The summed E-state index contributed by atoms with van der Waals surface area (Å²) in [6.07, 6.45) is 1.99. The lowest BCUT2D eigenvalue weighted by Crippen LogP contribution is -2.36. The Balaban J connectivity index is 2.86. The van der Waals surface area contributed by atoms with E-state index in [-0.39, 0.29) is 0 Å². The lowest BCUT2D eigenvalue weighted by atomic mass is 10.3. The molecule has 1 rings (SSSR count). The van der Waals surface area contributed by atoms with Gasteiger partial charge in [0.1, 0.15) is 0 Å². The summed E-state index contributed by atoms with van der Waals surface area (Å²) >= 11 is 5.67. The molecule has 0 radical (unpaired) electrons. The summed E-state index contributed by atoms with van der Waals surface area (Å²) in [7, 11) is 0. The normalized spacial score (nSPS) is 9.64. The maximum Gasteiger partial charge on any atom is 0.183 e. The average molecular weight is 169 g/mol. The fourth-order valence-corrected chi connectivity index (χ4v) is 1.05. The van der Waals surface area contributed by atoms with Gasteiger partial charge in [0, 0.05) is 19.1 Å². The molecule has 11 heavy (non-hydrogen) atoms. The first-order valence-electron chi connectivity index (χ1n) is 3.48. The number of pyridine rings is 1. The molecule has 58 valence electrons. The predicted molar refractivity (Wildman–Crippen MR) is 46.4 cm³/mol. The number of hydrogen-bond donors (Lipinski definition) is 0. The number of rotatable bonds is 2. The molecule has 0 bridgehead atoms. The van der Waals surface area contributed by atoms with Crippen LogP contribution in [0.5, 0.6) is 0 Å². The van der Waals surface area contributed by atoms with Gasteiger partial charge in [-0.05, 0) is 0 Å². The van der Waals surface area contributed by atoms with Gasteiger partial charge < -0.3 is 0 Å². The monoisotopic (exact) mass is 168 g/mol. The Hall–Kier alpha value is -0.820. The van der Waals surface area contributed by atoms with Gasteiger partial charge in [-0.3, -0.25) is 0 Å². The molecule has 0 atom stereocenters. The highest BCUT2D eigenvalue weighted by Gasteiger charge is 2.03. The van der Waals surface area contributed by atoms with E-state index in [2.05, 4.69) is 11.1 Å². The predicted octanol–water partition coefficient (Wildman–Crippen LogP) is 2.04. The van der Waals surface area contributed by atoms with Gasteiger partial charge in [0.25, 0.3) is 0 Å². The van der Waals surface area contributed by atoms with Gasteiger partial charge in [-0.25, -0.2) is 0 Å². The molecule has 0 aliphatic heterocycles. The van der Waals surface area contributed by atoms with Crippen molar-refractivity contribution in [3.05, 3.63) is 41.7 Å². The smallest absolute Gasteiger partial charge is 0.183 e. The molecule has 1 nitrogen and oxygen atoms in total. The standard InChI is InChI=1S/C9H11ClN/c1-8(10)7-11-6-4-3-5-9(11)2/h3-6H,1,7H2,2H3/q+1. The summed E-state index contributed by atoms with van der Waals surface area (Å²) in [4.78, 5) is 0. The van der Waals surface area contributed by atoms with E-state index in [1.54, 1.807) is 0 Å². The first kappa shape index (κ1) is 8.28. The van der Waals surface area contributed by atoms with E-state index in [1.165, 1.54) is 5.69 Å². The number of aryl methyl sites for hydroxylation is 1. The maximum atomic E-state index is 5.67. The van der Waals surface area contributed by atoms with Crippen LogP contribution in [-0.2, 0) is 6.54 Å². The van der Waals surface area contributed by atoms with E-state index in [9.17, 15) is 0 Å². The number of nitrogens with zero attached hydrogens (tertiary/aromatic N) is 1. The second-order valence-electron chi connectivity index (χ2n) is 2.49. The first-order chi connectivity index (χ1) is 5.20. The van der Waals surface area contributed by atoms with Crippen LogP contribution in [0.25, 0.3) is 0 Å². The Kier molecular flexibility index (Phi) is 2.66. The molecule has 0 N–H and O–H groups in total. The van der Waals surface area contributed by atoms with Gasteiger partial charge in [-0.15, -0.1) is 0 Å². The van der Waals surface area contributed by atoms with Crippen molar-refractivity contribution in [1.29, 1.82) is 0 Å². The molecule has 0 saturated heterocycles. The molecule has 0 aliphatic rings. The zero-order chi connectivity index (χ0) is 8.27. The third-order valence-corrected chi connectivity index (χ3v) is 1.63. The quantitative estimate of drug-likeness (QED) is 0.595. The Morgan fingerprint density at radius 3 is 2.91 bits per heavy atom. The maximum absolute atomic E-state index is 5.67. The van der Waals surface area contributed by atoms with E-state index in [0.717, 1.165) is 0 Å². The van der Waals surface area contributed by atoms with Crippen LogP contribution in [0.3, 0.4) is 0 Å². The van der Waals surface area contributed by atoms with Crippen LogP contribution < -0.4 is 4.57 Å². The molecular weight excluding hydrogens is 158 g/mol. The zero-order valence-corrected chi connectivity index (χ0v) is 7.30. The van der Waals surface area contributed by atoms with Crippen LogP contribution in [0.4, 0.5) is 0 Å². The van der Waals surface area contributed by atoms with E-state index in [4.69, 9.17) is 11.6 Å². The minimum absolute atomic E-state index is 0.657. The van der Waals surface area contributed by atoms with Crippen LogP contribution >= 0.6 is 11.6 Å². The van der Waals surface area contributed by atoms with E-state index in [1.807, 2.05) is 31.3 Å². The van der Waals surface area contributed by atoms with Gasteiger partial charge in [-0.2, -0.15) is 4.57 Å². The van der Waals surface area contributed by atoms with Crippen molar-refractivity contribution in [3.8, 4) is 0 Å². The number of allylic oxidation sites excluding steroid dienone is 1. The third-order valence-electron chi connectivity index (χ3n) is 1.51. The molecule has 2 heteroatoms. The minimum Gasteiger partial charge on any atom is -0.197 e. The number of halogens is 1. The molecule has 1 heterocycles. The van der Waals surface area contributed by atoms with Crippen LogP contribution in [-0.4, -0.2) is 0 Å². The molecule has 0 fully saturated rings. The van der Waals surface area contributed by atoms with Crippen molar-refractivity contribution < 1.29 is 4.57 Å². The Morgan fingerprint density at radius 2 is 2.36 bits per heavy atom. The number of aromatic nitrogens is 1. The van der Waals surface area contributed by atoms with Crippen molar-refractivity contribution in [1.82, 2.24) is 0 Å². The van der Waals surface area contributed by atoms with Gasteiger partial charge in [0.05, 0.1) is 5.03 Å². The molecule has 0 aliphatic carbocycles. The molecule has 1 aromatic heterocycles. The number of hydrogen-bond acceptors (Lipinski definition) is 0. The highest BCUT2D eigenvalue weighted by Crippen LogP contribution is 1.96. The molecule has 0 spiro atoms. The van der Waals surface area contributed by atoms with Gasteiger partial charge >= 0.3 is 0 Å². The summed E-state index contributed by atoms with van der Waals surface area (Å²) in [5.74, 6) is 0. The summed E-state index contributed by atoms with van der Waals surface area (Å²) in [6.45, 7) is 6.37. The van der Waals surface area contributed by atoms with Crippen molar-refractivity contribution in [2.45, 2.75) is 13.5 Å². The summed E-state index contributed by atoms with van der Waals surface area (Å²) in [5.41, 5.74) is 1.19. The second kappa shape index (κ2) is 3.54. The Morgan fingerprint density at radius 1 is 1.64 bits per heavy atom.